The lowest BCUT2D eigenvalue weighted by molar-refractivity contribution is -0.856. The Morgan fingerprint density at radius 3 is 2.72 bits per heavy atom. The Labute approximate surface area is 156 Å². The van der Waals surface area contributed by atoms with Crippen LogP contribution in [0.1, 0.15) is 15.9 Å². The predicted octanol–water partition coefficient (Wildman–Crippen LogP) is 3.05. The number of hydrogen-bond acceptors (Lipinski definition) is 3. The molecular weight excluding hydrogens is 354 g/mol. The maximum Gasteiger partial charge on any atom is 0.260 e. The van der Waals surface area contributed by atoms with Crippen molar-refractivity contribution >= 4 is 44.2 Å². The van der Waals surface area contributed by atoms with Gasteiger partial charge in [-0.3, -0.25) is 9.69 Å². The van der Waals surface area contributed by atoms with Gasteiger partial charge in [0.05, 0.1) is 37.4 Å². The standard InChI is InChI=1S/C19H20ClN3OS/c1-13-6-4-5-7-15(13)18(24)23(11-10-22(2)3)19-21-16-9-8-14(20)12-17(16)25-19/h4-9,12H,10-11H2,1-3H3/p+1. The van der Waals surface area contributed by atoms with Gasteiger partial charge in [-0.05, 0) is 36.8 Å². The number of likely N-dealkylation sites (N-methyl/N-ethyl adjacent to an activating group) is 1. The first-order valence-electron chi connectivity index (χ1n) is 8.18. The fourth-order valence-electron chi connectivity index (χ4n) is 2.58. The number of benzene rings is 2. The van der Waals surface area contributed by atoms with Crippen LogP contribution in [0.15, 0.2) is 42.5 Å². The molecule has 0 saturated carbocycles. The second-order valence-corrected chi connectivity index (χ2v) is 7.78. The average molecular weight is 375 g/mol. The van der Waals surface area contributed by atoms with E-state index in [1.165, 1.54) is 16.2 Å². The Bertz CT molecular complexity index is 907. The van der Waals surface area contributed by atoms with Crippen LogP contribution in [0.4, 0.5) is 5.13 Å². The summed E-state index contributed by atoms with van der Waals surface area (Å²) in [7, 11) is 4.16. The van der Waals surface area contributed by atoms with Crippen molar-refractivity contribution in [2.45, 2.75) is 6.92 Å². The topological polar surface area (TPSA) is 37.6 Å². The third-order valence-electron chi connectivity index (χ3n) is 4.03. The number of amides is 1. The maximum atomic E-state index is 13.2. The first kappa shape index (κ1) is 17.9. The number of quaternary nitrogens is 1. The number of nitrogens with zero attached hydrogens (tertiary/aromatic N) is 2. The average Bonchev–Trinajstić information content (AvgIpc) is 2.97. The van der Waals surface area contributed by atoms with Crippen LogP contribution in [0.25, 0.3) is 10.2 Å². The van der Waals surface area contributed by atoms with E-state index in [-0.39, 0.29) is 5.91 Å². The van der Waals surface area contributed by atoms with E-state index in [4.69, 9.17) is 11.6 Å². The lowest BCUT2D eigenvalue weighted by Gasteiger charge is -2.21. The van der Waals surface area contributed by atoms with E-state index in [1.807, 2.05) is 49.4 Å². The molecule has 0 aliphatic heterocycles. The van der Waals surface area contributed by atoms with Crippen LogP contribution in [0.3, 0.4) is 0 Å². The van der Waals surface area contributed by atoms with E-state index in [0.29, 0.717) is 22.3 Å². The summed E-state index contributed by atoms with van der Waals surface area (Å²) in [6.45, 7) is 3.41. The van der Waals surface area contributed by atoms with Crippen molar-refractivity contribution in [3.8, 4) is 0 Å². The molecule has 1 heterocycles. The van der Waals surface area contributed by atoms with Gasteiger partial charge in [-0.15, -0.1) is 0 Å². The zero-order chi connectivity index (χ0) is 18.0. The number of aryl methyl sites for hydroxylation is 1. The number of fused-ring (bicyclic) bond motifs is 1. The molecule has 2 aromatic carbocycles. The molecule has 0 fully saturated rings. The second kappa shape index (κ2) is 7.52. The minimum absolute atomic E-state index is 0.00972. The van der Waals surface area contributed by atoms with Crippen molar-refractivity contribution in [2.24, 2.45) is 0 Å². The van der Waals surface area contributed by atoms with Gasteiger partial charge in [0.15, 0.2) is 5.13 Å². The Kier molecular flexibility index (Phi) is 5.37. The van der Waals surface area contributed by atoms with E-state index in [2.05, 4.69) is 19.1 Å². The fourth-order valence-corrected chi connectivity index (χ4v) is 3.85. The fraction of sp³-hybridized carbons (Fsp3) is 0.263. The molecule has 3 aromatic rings. The molecule has 0 saturated heterocycles. The minimum atomic E-state index is -0.00972. The van der Waals surface area contributed by atoms with Gasteiger partial charge in [-0.1, -0.05) is 41.1 Å². The van der Waals surface area contributed by atoms with Crippen LogP contribution in [0, 0.1) is 6.92 Å². The third-order valence-corrected chi connectivity index (χ3v) is 5.30. The Morgan fingerprint density at radius 2 is 2.00 bits per heavy atom. The summed E-state index contributed by atoms with van der Waals surface area (Å²) in [5.41, 5.74) is 2.55. The van der Waals surface area contributed by atoms with Gasteiger partial charge in [0, 0.05) is 10.6 Å². The molecule has 1 amide bonds. The van der Waals surface area contributed by atoms with Crippen LogP contribution in [-0.2, 0) is 0 Å². The molecule has 0 bridgehead atoms. The van der Waals surface area contributed by atoms with E-state index in [9.17, 15) is 4.79 Å². The van der Waals surface area contributed by atoms with Crippen molar-refractivity contribution in [3.63, 3.8) is 0 Å². The molecule has 25 heavy (non-hydrogen) atoms. The van der Waals surface area contributed by atoms with Gasteiger partial charge in [0.1, 0.15) is 0 Å². The zero-order valence-corrected chi connectivity index (χ0v) is 16.1. The molecular formula is C19H21ClN3OS+. The molecule has 0 radical (unpaired) electrons. The van der Waals surface area contributed by atoms with Gasteiger partial charge >= 0.3 is 0 Å². The first-order valence-corrected chi connectivity index (χ1v) is 9.38. The van der Waals surface area contributed by atoms with Gasteiger partial charge < -0.3 is 4.90 Å². The van der Waals surface area contributed by atoms with Gasteiger partial charge in [0.2, 0.25) is 0 Å². The highest BCUT2D eigenvalue weighted by atomic mass is 35.5. The number of carbonyl (C=O) groups is 1. The number of hydrogen-bond donors (Lipinski definition) is 1. The largest absolute Gasteiger partial charge is 0.338 e. The molecule has 0 spiro atoms. The summed E-state index contributed by atoms with van der Waals surface area (Å²) >= 11 is 7.58. The summed E-state index contributed by atoms with van der Waals surface area (Å²) in [5.74, 6) is -0.00972. The summed E-state index contributed by atoms with van der Waals surface area (Å²) < 4.78 is 0.988. The highest BCUT2D eigenvalue weighted by Crippen LogP contribution is 2.31. The van der Waals surface area contributed by atoms with Gasteiger partial charge in [-0.25, -0.2) is 4.98 Å². The van der Waals surface area contributed by atoms with E-state index in [1.54, 1.807) is 4.90 Å². The molecule has 0 aliphatic rings. The van der Waals surface area contributed by atoms with Crippen molar-refractivity contribution in [3.05, 3.63) is 58.6 Å². The van der Waals surface area contributed by atoms with Crippen LogP contribution in [-0.4, -0.2) is 38.1 Å². The van der Waals surface area contributed by atoms with E-state index >= 15 is 0 Å². The molecule has 6 heteroatoms. The number of carbonyl (C=O) groups excluding carboxylic acids is 1. The molecule has 0 atom stereocenters. The Hall–Kier alpha value is -1.95. The number of halogens is 1. The molecule has 1 aromatic heterocycles. The number of nitrogens with one attached hydrogen (secondary N) is 1. The quantitative estimate of drug-likeness (QED) is 0.745. The molecule has 130 valence electrons. The van der Waals surface area contributed by atoms with E-state index < -0.39 is 0 Å². The minimum Gasteiger partial charge on any atom is -0.338 e. The first-order chi connectivity index (χ1) is 12.0. The molecule has 1 N–H and O–H groups in total. The number of rotatable bonds is 5. The highest BCUT2D eigenvalue weighted by Gasteiger charge is 2.23. The molecule has 4 nitrogen and oxygen atoms in total. The molecule has 0 unspecified atom stereocenters. The summed E-state index contributed by atoms with van der Waals surface area (Å²) in [4.78, 5) is 20.9. The lowest BCUT2D eigenvalue weighted by Crippen LogP contribution is -3.06. The van der Waals surface area contributed by atoms with Gasteiger partial charge in [0.25, 0.3) is 5.91 Å². The Balaban J connectivity index is 2.01. The SMILES string of the molecule is Cc1ccccc1C(=O)N(CC[NH+](C)C)c1nc2ccc(Cl)cc2s1. The molecule has 0 aliphatic carbocycles. The normalized spacial score (nSPS) is 11.2. The van der Waals surface area contributed by atoms with E-state index in [0.717, 1.165) is 22.3 Å². The highest BCUT2D eigenvalue weighted by molar-refractivity contribution is 7.22. The number of aromatic nitrogens is 1. The predicted molar refractivity (Wildman–Crippen MR) is 105 cm³/mol. The number of anilines is 1. The monoisotopic (exact) mass is 374 g/mol. The second-order valence-electron chi connectivity index (χ2n) is 6.34. The van der Waals surface area contributed by atoms with Gasteiger partial charge in [-0.2, -0.15) is 0 Å². The van der Waals surface area contributed by atoms with Crippen LogP contribution < -0.4 is 9.80 Å². The smallest absolute Gasteiger partial charge is 0.260 e. The summed E-state index contributed by atoms with van der Waals surface area (Å²) in [6, 6.07) is 13.3. The Morgan fingerprint density at radius 1 is 1.24 bits per heavy atom. The zero-order valence-electron chi connectivity index (χ0n) is 14.5. The maximum absolute atomic E-state index is 13.2. The van der Waals surface area contributed by atoms with Crippen molar-refractivity contribution in [1.29, 1.82) is 0 Å². The summed E-state index contributed by atoms with van der Waals surface area (Å²) in [5, 5.41) is 1.39. The van der Waals surface area contributed by atoms with Crippen LogP contribution in [0.2, 0.25) is 5.02 Å². The lowest BCUT2D eigenvalue weighted by atomic mass is 10.1. The van der Waals surface area contributed by atoms with Crippen LogP contribution >= 0.6 is 22.9 Å². The third kappa shape index (κ3) is 4.00. The van der Waals surface area contributed by atoms with Crippen molar-refractivity contribution < 1.29 is 9.69 Å². The molecule has 3 rings (SSSR count). The van der Waals surface area contributed by atoms with Crippen LogP contribution in [0.5, 0.6) is 0 Å². The van der Waals surface area contributed by atoms with Crippen molar-refractivity contribution in [1.82, 2.24) is 4.98 Å². The summed E-state index contributed by atoms with van der Waals surface area (Å²) in [6.07, 6.45) is 0. The van der Waals surface area contributed by atoms with Crippen molar-refractivity contribution in [2.75, 3.05) is 32.1 Å². The number of thiazole rings is 1.